The van der Waals surface area contributed by atoms with Crippen LogP contribution in [0.5, 0.6) is 0 Å². The van der Waals surface area contributed by atoms with Crippen molar-refractivity contribution in [2.24, 2.45) is 0 Å². The van der Waals surface area contributed by atoms with E-state index in [1.165, 1.54) is 38.5 Å². The van der Waals surface area contributed by atoms with Crippen LogP contribution in [-0.4, -0.2) is 77.4 Å². The minimum atomic E-state index is -8.44. The molecular weight excluding hydrogens is 627 g/mol. The summed E-state index contributed by atoms with van der Waals surface area (Å²) in [4.78, 5) is 0. The summed E-state index contributed by atoms with van der Waals surface area (Å²) >= 11 is 0. The summed E-state index contributed by atoms with van der Waals surface area (Å²) in [6.45, 7) is 0. The van der Waals surface area contributed by atoms with Crippen molar-refractivity contribution >= 4 is 8.80 Å². The second-order valence-electron chi connectivity index (χ2n) is 8.56. The average Bonchev–Trinajstić information content (AvgIpc) is 2.84. The zero-order chi connectivity index (χ0) is 32.3. The second-order valence-corrected chi connectivity index (χ2v) is 11.5. The Morgan fingerprint density at radius 1 is 0.425 bits per heavy atom. The fourth-order valence-electron chi connectivity index (χ4n) is 3.36. The van der Waals surface area contributed by atoms with Gasteiger partial charge in [-0.05, 0) is 0 Å². The van der Waals surface area contributed by atoms with E-state index in [-0.39, 0.29) is 21.3 Å². The molecule has 0 aromatic carbocycles. The van der Waals surface area contributed by atoms with Crippen LogP contribution in [0.3, 0.4) is 0 Å². The summed E-state index contributed by atoms with van der Waals surface area (Å²) in [6, 6.07) is 0. The minimum Gasteiger partial charge on any atom is -0.373 e. The predicted octanol–water partition coefficient (Wildman–Crippen LogP) is 8.53. The highest BCUT2D eigenvalue weighted by Gasteiger charge is 2.95. The monoisotopic (exact) mass is 652 g/mol. The SMILES string of the molecule is C1CCCCC1.CO[Si](OC)(OC)C(F)(F)C(F)(F)C(F)(F)C(F)(F)C(F)(F)C(F)(F)C(F)(F)CCC(F)(F)F. The largest absolute Gasteiger partial charge is 0.581 e. The zero-order valence-corrected chi connectivity index (χ0v) is 21.8. The molecule has 1 saturated carbocycles. The van der Waals surface area contributed by atoms with Crippen LogP contribution in [0, 0.1) is 0 Å². The lowest BCUT2D eigenvalue weighted by Gasteiger charge is -2.44. The molecule has 1 aliphatic rings. The van der Waals surface area contributed by atoms with Gasteiger partial charge in [0.05, 0.1) is 0 Å². The van der Waals surface area contributed by atoms with Crippen molar-refractivity contribution in [3.63, 3.8) is 0 Å². The van der Waals surface area contributed by atoms with E-state index in [1.54, 1.807) is 0 Å². The Balaban J connectivity index is 0.00000221. The minimum absolute atomic E-state index is 0.0312. The van der Waals surface area contributed by atoms with Crippen molar-refractivity contribution in [1.82, 2.24) is 0 Å². The number of hydrogen-bond acceptors (Lipinski definition) is 3. The van der Waals surface area contributed by atoms with Gasteiger partial charge >= 0.3 is 56.1 Å². The first-order valence-electron chi connectivity index (χ1n) is 11.0. The molecule has 0 saturated heterocycles. The maximum absolute atomic E-state index is 14.1. The Bertz CT molecular complexity index is 774. The van der Waals surface area contributed by atoms with Gasteiger partial charge in [0.15, 0.2) is 0 Å². The highest BCUT2D eigenvalue weighted by molar-refractivity contribution is 6.63. The Kier molecular flexibility index (Phi) is 12.3. The van der Waals surface area contributed by atoms with Gasteiger partial charge in [-0.3, -0.25) is 0 Å². The summed E-state index contributed by atoms with van der Waals surface area (Å²) in [5.74, 6) is -47.6. The molecule has 0 spiro atoms. The normalized spacial score (nSPS) is 17.4. The number of rotatable bonds is 12. The van der Waals surface area contributed by atoms with Gasteiger partial charge in [0.25, 0.3) is 0 Å². The molecule has 0 bridgehead atoms. The molecule has 21 heteroatoms. The average molecular weight is 652 g/mol. The van der Waals surface area contributed by atoms with Crippen LogP contribution in [0.15, 0.2) is 0 Å². The van der Waals surface area contributed by atoms with E-state index >= 15 is 0 Å². The van der Waals surface area contributed by atoms with Crippen molar-refractivity contribution in [2.45, 2.75) is 98.6 Å². The van der Waals surface area contributed by atoms with E-state index in [4.69, 9.17) is 0 Å². The standard InChI is InChI=1S/C13H13F17O3Si.C6H12/c1-31-34(32-2,33-3)13(29,30)12(27,28)11(25,26)10(23,24)9(21,22)8(19,20)6(14,15)4-5-7(16,17)18;1-2-4-6-5-3-1/h4-5H2,1-3H3;1-6H2. The highest BCUT2D eigenvalue weighted by atomic mass is 28.4. The molecule has 242 valence electrons. The molecule has 1 aliphatic carbocycles. The maximum atomic E-state index is 14.1. The Morgan fingerprint density at radius 2 is 0.700 bits per heavy atom. The summed E-state index contributed by atoms with van der Waals surface area (Å²) in [7, 11) is -6.45. The number of halogens is 17. The summed E-state index contributed by atoms with van der Waals surface area (Å²) < 4.78 is 239. The third-order valence-corrected chi connectivity index (χ3v) is 8.54. The van der Waals surface area contributed by atoms with Crippen molar-refractivity contribution in [3.05, 3.63) is 0 Å². The zero-order valence-electron chi connectivity index (χ0n) is 20.8. The van der Waals surface area contributed by atoms with E-state index in [0.29, 0.717) is 0 Å². The maximum Gasteiger partial charge on any atom is 0.581 e. The lowest BCUT2D eigenvalue weighted by molar-refractivity contribution is -0.438. The molecule has 3 nitrogen and oxygen atoms in total. The smallest absolute Gasteiger partial charge is 0.373 e. The quantitative estimate of drug-likeness (QED) is 0.156. The van der Waals surface area contributed by atoms with Gasteiger partial charge in [0, 0.05) is 34.2 Å². The molecule has 0 atom stereocenters. The third kappa shape index (κ3) is 6.76. The topological polar surface area (TPSA) is 27.7 Å². The molecule has 1 fully saturated rings. The summed E-state index contributed by atoms with van der Waals surface area (Å²) in [5, 5.41) is 0. The van der Waals surface area contributed by atoms with Crippen LogP contribution in [0.2, 0.25) is 0 Å². The van der Waals surface area contributed by atoms with Crippen molar-refractivity contribution < 1.29 is 87.9 Å². The molecule has 0 radical (unpaired) electrons. The van der Waals surface area contributed by atoms with Crippen LogP contribution < -0.4 is 0 Å². The molecule has 0 aliphatic heterocycles. The van der Waals surface area contributed by atoms with Gasteiger partial charge in [-0.1, -0.05) is 38.5 Å². The van der Waals surface area contributed by atoms with Gasteiger partial charge in [0.1, 0.15) is 0 Å². The lowest BCUT2D eigenvalue weighted by Crippen LogP contribution is -2.77. The molecule has 0 N–H and O–H groups in total. The lowest BCUT2D eigenvalue weighted by atomic mass is 9.90. The van der Waals surface area contributed by atoms with Crippen LogP contribution in [0.25, 0.3) is 0 Å². The van der Waals surface area contributed by atoms with E-state index in [2.05, 4.69) is 13.3 Å². The van der Waals surface area contributed by atoms with Gasteiger partial charge in [0.2, 0.25) is 0 Å². The van der Waals surface area contributed by atoms with E-state index in [0.717, 1.165) is 0 Å². The van der Waals surface area contributed by atoms with E-state index < -0.39 is 68.9 Å². The molecule has 1 rings (SSSR count). The van der Waals surface area contributed by atoms with E-state index in [9.17, 15) is 74.6 Å². The molecular formula is C19H25F17O3Si. The van der Waals surface area contributed by atoms with Crippen molar-refractivity contribution in [2.75, 3.05) is 21.3 Å². The predicted molar refractivity (Wildman–Crippen MR) is 104 cm³/mol. The summed E-state index contributed by atoms with van der Waals surface area (Å²) in [6.07, 6.45) is -3.20. The highest BCUT2D eigenvalue weighted by Crippen LogP contribution is 2.63. The van der Waals surface area contributed by atoms with Crippen LogP contribution in [0.4, 0.5) is 74.6 Å². The van der Waals surface area contributed by atoms with Gasteiger partial charge in [-0.25, -0.2) is 0 Å². The Morgan fingerprint density at radius 3 is 0.975 bits per heavy atom. The first-order valence-corrected chi connectivity index (χ1v) is 12.7. The number of hydrogen-bond donors (Lipinski definition) is 0. The molecule has 0 amide bonds. The second kappa shape index (κ2) is 12.6. The van der Waals surface area contributed by atoms with Crippen LogP contribution in [0.1, 0.15) is 51.4 Å². The first kappa shape index (κ1) is 38.9. The van der Waals surface area contributed by atoms with Gasteiger partial charge in [-0.2, -0.15) is 74.6 Å². The fourth-order valence-corrected chi connectivity index (χ4v) is 5.17. The first-order chi connectivity index (χ1) is 17.6. The van der Waals surface area contributed by atoms with Gasteiger partial charge < -0.3 is 13.3 Å². The molecule has 0 heterocycles. The van der Waals surface area contributed by atoms with E-state index in [1.807, 2.05) is 0 Å². The van der Waals surface area contributed by atoms with Crippen molar-refractivity contribution in [1.29, 1.82) is 0 Å². The Labute approximate surface area is 217 Å². The Hall–Kier alpha value is -1.09. The summed E-state index contributed by atoms with van der Waals surface area (Å²) in [5.41, 5.74) is -6.80. The van der Waals surface area contributed by atoms with Crippen LogP contribution >= 0.6 is 0 Å². The third-order valence-electron chi connectivity index (χ3n) is 5.84. The fraction of sp³-hybridized carbons (Fsp3) is 1.00. The van der Waals surface area contributed by atoms with Crippen molar-refractivity contribution in [3.8, 4) is 0 Å². The van der Waals surface area contributed by atoms with Crippen LogP contribution in [-0.2, 0) is 13.3 Å². The van der Waals surface area contributed by atoms with Gasteiger partial charge in [-0.15, -0.1) is 0 Å². The number of alkyl halides is 17. The molecule has 0 aromatic rings. The molecule has 40 heavy (non-hydrogen) atoms. The molecule has 0 aromatic heterocycles. The molecule has 0 unspecified atom stereocenters.